The van der Waals surface area contributed by atoms with Gasteiger partial charge in [-0.05, 0) is 36.5 Å². The highest BCUT2D eigenvalue weighted by atomic mass is 32.1. The van der Waals surface area contributed by atoms with Crippen LogP contribution >= 0.6 is 12.2 Å². The Morgan fingerprint density at radius 1 is 1.36 bits per heavy atom. The molecule has 1 fully saturated rings. The predicted octanol–water partition coefficient (Wildman–Crippen LogP) is 3.55. The van der Waals surface area contributed by atoms with Crippen LogP contribution in [0.2, 0.25) is 0 Å². The minimum atomic E-state index is 0.727. The van der Waals surface area contributed by atoms with Gasteiger partial charge in [-0.25, -0.2) is 0 Å². The zero-order valence-corrected chi connectivity index (χ0v) is 7.96. The maximum Gasteiger partial charge on any atom is -0.00406 e. The second kappa shape index (κ2) is 4.87. The van der Waals surface area contributed by atoms with Crippen molar-refractivity contribution in [2.24, 2.45) is 5.92 Å². The number of hydrogen-bond acceptors (Lipinski definition) is 1. The van der Waals surface area contributed by atoms with Crippen LogP contribution in [0.5, 0.6) is 0 Å². The van der Waals surface area contributed by atoms with Crippen LogP contribution in [-0.2, 0) is 0 Å². The van der Waals surface area contributed by atoms with Gasteiger partial charge in [0.15, 0.2) is 0 Å². The number of thiocarbonyl (C=S) groups is 1. The van der Waals surface area contributed by atoms with Crippen LogP contribution in [0.3, 0.4) is 0 Å². The summed E-state index contributed by atoms with van der Waals surface area (Å²) in [6.45, 7) is 3.89. The van der Waals surface area contributed by atoms with Crippen molar-refractivity contribution in [3.8, 4) is 0 Å². The Balaban J connectivity index is 2.39. The van der Waals surface area contributed by atoms with Crippen molar-refractivity contribution >= 4 is 17.1 Å². The first-order chi connectivity index (χ1) is 5.34. The molecule has 0 bridgehead atoms. The van der Waals surface area contributed by atoms with Crippen molar-refractivity contribution in [2.45, 2.75) is 44.9 Å². The summed E-state index contributed by atoms with van der Waals surface area (Å²) in [5, 5.41) is 0. The van der Waals surface area contributed by atoms with E-state index >= 15 is 0 Å². The molecular weight excluding hydrogens is 152 g/mol. The fourth-order valence-corrected chi connectivity index (χ4v) is 2.16. The number of hydrogen-bond donors (Lipinski definition) is 0. The average Bonchev–Trinajstić information content (AvgIpc) is 2.18. The first-order valence-electron chi connectivity index (χ1n) is 4.66. The Labute approximate surface area is 75.4 Å². The maximum absolute atomic E-state index is 5.35. The molecule has 0 heterocycles. The van der Waals surface area contributed by atoms with Crippen LogP contribution < -0.4 is 0 Å². The van der Waals surface area contributed by atoms with E-state index < -0.39 is 0 Å². The van der Waals surface area contributed by atoms with E-state index in [-0.39, 0.29) is 0 Å². The van der Waals surface area contributed by atoms with E-state index in [2.05, 4.69) is 6.92 Å². The Hall–Kier alpha value is 0.0900. The Bertz CT molecular complexity index is 129. The van der Waals surface area contributed by atoms with Gasteiger partial charge < -0.3 is 0 Å². The van der Waals surface area contributed by atoms with Gasteiger partial charge in [-0.3, -0.25) is 0 Å². The monoisotopic (exact) mass is 169 g/mol. The highest BCUT2D eigenvalue weighted by molar-refractivity contribution is 7.80. The van der Waals surface area contributed by atoms with Gasteiger partial charge >= 0.3 is 0 Å². The first kappa shape index (κ1) is 9.18. The van der Waals surface area contributed by atoms with Gasteiger partial charge in [0, 0.05) is 0 Å². The van der Waals surface area contributed by atoms with Crippen LogP contribution in [0.1, 0.15) is 44.9 Å². The molecule has 63 valence electrons. The average molecular weight is 169 g/mol. The molecule has 0 aromatic carbocycles. The van der Waals surface area contributed by atoms with Crippen molar-refractivity contribution in [2.75, 3.05) is 0 Å². The van der Waals surface area contributed by atoms with Crippen LogP contribution in [0.4, 0.5) is 0 Å². The van der Waals surface area contributed by atoms with Crippen molar-refractivity contribution in [3.63, 3.8) is 0 Å². The second-order valence-electron chi connectivity index (χ2n) is 3.40. The van der Waals surface area contributed by atoms with Gasteiger partial charge in [-0.15, -0.1) is 0 Å². The van der Waals surface area contributed by atoms with Gasteiger partial charge in [0.05, 0.1) is 0 Å². The zero-order valence-electron chi connectivity index (χ0n) is 7.14. The molecule has 1 radical (unpaired) electrons. The Morgan fingerprint density at radius 3 is 2.91 bits per heavy atom. The fourth-order valence-electron chi connectivity index (χ4n) is 1.78. The van der Waals surface area contributed by atoms with E-state index in [0.29, 0.717) is 0 Å². The molecule has 1 heteroatoms. The second-order valence-corrected chi connectivity index (χ2v) is 3.93. The Kier molecular flexibility index (Phi) is 4.06. The quantitative estimate of drug-likeness (QED) is 0.450. The fraction of sp³-hybridized carbons (Fsp3) is 0.800. The normalized spacial score (nSPS) is 26.6. The van der Waals surface area contributed by atoms with Crippen LogP contribution in [-0.4, -0.2) is 4.86 Å². The molecule has 0 N–H and O–H groups in total. The molecule has 1 rings (SSSR count). The first-order valence-corrected chi connectivity index (χ1v) is 5.07. The summed E-state index contributed by atoms with van der Waals surface area (Å²) in [5.41, 5.74) is 0. The predicted molar refractivity (Wildman–Crippen MR) is 53.8 cm³/mol. The molecule has 0 aromatic rings. The lowest BCUT2D eigenvalue weighted by Crippen LogP contribution is -2.09. The summed E-state index contributed by atoms with van der Waals surface area (Å²) in [4.78, 5) is 1.33. The summed E-state index contributed by atoms with van der Waals surface area (Å²) in [6, 6.07) is 0. The molecular formula is C10H17S. The van der Waals surface area contributed by atoms with Crippen molar-refractivity contribution in [3.05, 3.63) is 6.92 Å². The highest BCUT2D eigenvalue weighted by Crippen LogP contribution is 2.24. The van der Waals surface area contributed by atoms with Crippen LogP contribution in [0, 0.1) is 12.8 Å². The molecule has 0 spiro atoms. The lowest BCUT2D eigenvalue weighted by Gasteiger charge is -2.12. The van der Waals surface area contributed by atoms with E-state index in [1.54, 1.807) is 0 Å². The minimum Gasteiger partial charge on any atom is -0.0894 e. The number of rotatable bonds is 2. The molecule has 11 heavy (non-hydrogen) atoms. The van der Waals surface area contributed by atoms with Gasteiger partial charge in [-0.1, -0.05) is 38.4 Å². The molecule has 0 aromatic heterocycles. The molecule has 1 saturated carbocycles. The lowest BCUT2D eigenvalue weighted by molar-refractivity contribution is 0.561. The summed E-state index contributed by atoms with van der Waals surface area (Å²) < 4.78 is 0. The van der Waals surface area contributed by atoms with Crippen molar-refractivity contribution in [1.82, 2.24) is 0 Å². The molecule has 0 amide bonds. The smallest absolute Gasteiger partial charge is 0.00406 e. The molecule has 0 saturated heterocycles. The van der Waals surface area contributed by atoms with E-state index in [9.17, 15) is 0 Å². The molecule has 1 atom stereocenters. The Morgan fingerprint density at radius 2 is 2.18 bits per heavy atom. The van der Waals surface area contributed by atoms with Gasteiger partial charge in [0.1, 0.15) is 0 Å². The SMILES string of the molecule is [CH2]CCC1CCCCCC1=S. The molecule has 0 aliphatic heterocycles. The van der Waals surface area contributed by atoms with E-state index in [1.807, 2.05) is 0 Å². The highest BCUT2D eigenvalue weighted by Gasteiger charge is 2.15. The van der Waals surface area contributed by atoms with Gasteiger partial charge in [0.25, 0.3) is 0 Å². The summed E-state index contributed by atoms with van der Waals surface area (Å²) in [6.07, 6.45) is 8.88. The maximum atomic E-state index is 5.35. The molecule has 1 unspecified atom stereocenters. The van der Waals surface area contributed by atoms with Crippen molar-refractivity contribution in [1.29, 1.82) is 0 Å². The van der Waals surface area contributed by atoms with Gasteiger partial charge in [-0.2, -0.15) is 0 Å². The van der Waals surface area contributed by atoms with E-state index in [4.69, 9.17) is 12.2 Å². The minimum absolute atomic E-state index is 0.727. The topological polar surface area (TPSA) is 0 Å². The van der Waals surface area contributed by atoms with E-state index in [0.717, 1.165) is 12.3 Å². The van der Waals surface area contributed by atoms with Gasteiger partial charge in [0.2, 0.25) is 0 Å². The summed E-state index contributed by atoms with van der Waals surface area (Å²) in [5.74, 6) is 0.727. The van der Waals surface area contributed by atoms with Crippen molar-refractivity contribution < 1.29 is 0 Å². The molecule has 1 aliphatic rings. The zero-order chi connectivity index (χ0) is 8.10. The van der Waals surface area contributed by atoms with Crippen LogP contribution in [0.25, 0.3) is 0 Å². The summed E-state index contributed by atoms with van der Waals surface area (Å²) >= 11 is 5.35. The molecule has 0 nitrogen and oxygen atoms in total. The lowest BCUT2D eigenvalue weighted by atomic mass is 9.95. The summed E-state index contributed by atoms with van der Waals surface area (Å²) in [7, 11) is 0. The molecule has 1 aliphatic carbocycles. The van der Waals surface area contributed by atoms with Crippen LogP contribution in [0.15, 0.2) is 0 Å². The third-order valence-corrected chi connectivity index (χ3v) is 3.02. The standard InChI is InChI=1S/C10H17S/c1-2-6-9-7-4-3-5-8-10(9)11/h9H,1-8H2. The van der Waals surface area contributed by atoms with E-state index in [1.165, 1.54) is 43.4 Å². The largest absolute Gasteiger partial charge is 0.0894 e. The third kappa shape index (κ3) is 2.90. The third-order valence-electron chi connectivity index (χ3n) is 2.48.